The number of nitrogens with zero attached hydrogens (tertiary/aromatic N) is 2. The first kappa shape index (κ1) is 29.4. The van der Waals surface area contributed by atoms with Crippen molar-refractivity contribution in [2.24, 2.45) is 0 Å². The minimum absolute atomic E-state index is 0.132. The topological polar surface area (TPSA) is 112 Å². The summed E-state index contributed by atoms with van der Waals surface area (Å²) in [6.45, 7) is 1.58. The first-order chi connectivity index (χ1) is 20.3. The normalized spacial score (nSPS) is 16.9. The lowest BCUT2D eigenvalue weighted by molar-refractivity contribution is 0.0582. The molecular formula is C31H34N2O8S. The largest absolute Gasteiger partial charge is 0.493 e. The van der Waals surface area contributed by atoms with E-state index in [0.29, 0.717) is 54.4 Å². The van der Waals surface area contributed by atoms with Crippen molar-refractivity contribution in [2.75, 3.05) is 47.6 Å². The maximum atomic E-state index is 13.9. The van der Waals surface area contributed by atoms with Gasteiger partial charge in [0.25, 0.3) is 5.91 Å². The van der Waals surface area contributed by atoms with Gasteiger partial charge in [-0.1, -0.05) is 0 Å². The Labute approximate surface area is 245 Å². The van der Waals surface area contributed by atoms with Crippen molar-refractivity contribution in [3.05, 3.63) is 82.9 Å². The molecule has 42 heavy (non-hydrogen) atoms. The summed E-state index contributed by atoms with van der Waals surface area (Å²) >= 11 is 0. The quantitative estimate of drug-likeness (QED) is 0.341. The van der Waals surface area contributed by atoms with Gasteiger partial charge >= 0.3 is 5.97 Å². The molecule has 1 atom stereocenters. The van der Waals surface area contributed by atoms with Crippen LogP contribution in [0.3, 0.4) is 0 Å². The van der Waals surface area contributed by atoms with Gasteiger partial charge in [0.1, 0.15) is 12.4 Å². The molecule has 1 amide bonds. The Balaban J connectivity index is 1.43. The summed E-state index contributed by atoms with van der Waals surface area (Å²) in [4.78, 5) is 27.6. The van der Waals surface area contributed by atoms with Crippen LogP contribution in [0.4, 0.5) is 0 Å². The minimum atomic E-state index is -3.59. The Morgan fingerprint density at radius 2 is 1.45 bits per heavy atom. The molecule has 0 N–H and O–H groups in total. The third-order valence-corrected chi connectivity index (χ3v) is 9.66. The van der Waals surface area contributed by atoms with Gasteiger partial charge in [0.05, 0.1) is 37.8 Å². The van der Waals surface area contributed by atoms with Crippen LogP contribution in [-0.4, -0.2) is 77.1 Å². The molecule has 2 aliphatic rings. The molecule has 0 unspecified atom stereocenters. The van der Waals surface area contributed by atoms with Crippen LogP contribution in [0.2, 0.25) is 0 Å². The third-order valence-electron chi connectivity index (χ3n) is 7.75. The molecule has 0 spiro atoms. The fourth-order valence-electron chi connectivity index (χ4n) is 5.44. The number of sulfonamides is 1. The summed E-state index contributed by atoms with van der Waals surface area (Å²) < 4.78 is 49.4. The number of fused-ring (bicyclic) bond motifs is 1. The molecular weight excluding hydrogens is 560 g/mol. The maximum Gasteiger partial charge on any atom is 0.337 e. The van der Waals surface area contributed by atoms with Crippen molar-refractivity contribution in [1.29, 1.82) is 0 Å². The Hall–Kier alpha value is -4.09. The summed E-state index contributed by atoms with van der Waals surface area (Å²) in [6.07, 6.45) is 2.29. The van der Waals surface area contributed by atoms with Crippen LogP contribution in [0.15, 0.2) is 65.6 Å². The predicted molar refractivity (Wildman–Crippen MR) is 155 cm³/mol. The van der Waals surface area contributed by atoms with Crippen LogP contribution >= 0.6 is 0 Å². The molecule has 5 rings (SSSR count). The van der Waals surface area contributed by atoms with Crippen LogP contribution in [0.1, 0.15) is 50.7 Å². The smallest absolute Gasteiger partial charge is 0.337 e. The average Bonchev–Trinajstić information content (AvgIpc) is 3.59. The first-order valence-corrected chi connectivity index (χ1v) is 15.2. The number of methoxy groups -OCH3 is 3. The zero-order valence-electron chi connectivity index (χ0n) is 23.9. The van der Waals surface area contributed by atoms with Gasteiger partial charge < -0.3 is 23.8 Å². The second-order valence-corrected chi connectivity index (χ2v) is 12.1. The van der Waals surface area contributed by atoms with Crippen LogP contribution in [-0.2, 0) is 21.2 Å². The number of carbonyl (C=O) groups excluding carboxylic acids is 2. The van der Waals surface area contributed by atoms with Crippen molar-refractivity contribution in [2.45, 2.75) is 30.2 Å². The fourth-order valence-corrected chi connectivity index (χ4v) is 6.96. The minimum Gasteiger partial charge on any atom is -0.493 e. The Morgan fingerprint density at radius 1 is 0.833 bits per heavy atom. The molecule has 222 valence electrons. The van der Waals surface area contributed by atoms with E-state index in [4.69, 9.17) is 18.9 Å². The van der Waals surface area contributed by atoms with E-state index >= 15 is 0 Å². The summed E-state index contributed by atoms with van der Waals surface area (Å²) in [6, 6.07) is 16.0. The molecule has 0 bridgehead atoms. The van der Waals surface area contributed by atoms with Gasteiger partial charge in [-0.05, 0) is 91.1 Å². The zero-order chi connectivity index (χ0) is 29.9. The highest BCUT2D eigenvalue weighted by molar-refractivity contribution is 7.89. The van der Waals surface area contributed by atoms with Gasteiger partial charge in [-0.2, -0.15) is 4.31 Å². The Bertz CT molecular complexity index is 1550. The zero-order valence-corrected chi connectivity index (χ0v) is 24.7. The predicted octanol–water partition coefficient (Wildman–Crippen LogP) is 4.09. The van der Waals surface area contributed by atoms with Crippen molar-refractivity contribution >= 4 is 21.9 Å². The molecule has 0 aliphatic carbocycles. The highest BCUT2D eigenvalue weighted by Crippen LogP contribution is 2.39. The molecule has 1 fully saturated rings. The highest BCUT2D eigenvalue weighted by atomic mass is 32.2. The number of benzene rings is 3. The van der Waals surface area contributed by atoms with Gasteiger partial charge in [0.2, 0.25) is 10.0 Å². The molecule has 0 saturated carbocycles. The molecule has 2 heterocycles. The lowest BCUT2D eigenvalue weighted by atomic mass is 9.91. The second-order valence-electron chi connectivity index (χ2n) is 10.1. The third kappa shape index (κ3) is 5.79. The van der Waals surface area contributed by atoms with E-state index in [2.05, 4.69) is 0 Å². The van der Waals surface area contributed by atoms with E-state index in [-0.39, 0.29) is 17.4 Å². The van der Waals surface area contributed by atoms with Crippen molar-refractivity contribution in [1.82, 2.24) is 9.21 Å². The SMILES string of the molecule is COC(=O)c1ccc(OC[C@H]2c3cc(OC)c(OC)cc3CCN2C(=O)c2ccc(S(=O)(=O)N3CCCC3)cc2)cc1. The van der Waals surface area contributed by atoms with Gasteiger partial charge in [-0.25, -0.2) is 13.2 Å². The van der Waals surface area contributed by atoms with Crippen LogP contribution in [0, 0.1) is 0 Å². The molecule has 11 heteroatoms. The number of rotatable bonds is 9. The lowest BCUT2D eigenvalue weighted by Crippen LogP contribution is -2.42. The van der Waals surface area contributed by atoms with Gasteiger partial charge in [-0.3, -0.25) is 4.79 Å². The monoisotopic (exact) mass is 594 g/mol. The number of hydrogen-bond acceptors (Lipinski definition) is 8. The van der Waals surface area contributed by atoms with Crippen molar-refractivity contribution in [3.8, 4) is 17.2 Å². The lowest BCUT2D eigenvalue weighted by Gasteiger charge is -2.37. The van der Waals surface area contributed by atoms with Gasteiger partial charge in [0.15, 0.2) is 11.5 Å². The number of hydrogen-bond donors (Lipinski definition) is 0. The summed E-state index contributed by atoms with van der Waals surface area (Å²) in [5.74, 6) is 0.979. The first-order valence-electron chi connectivity index (χ1n) is 13.7. The van der Waals surface area contributed by atoms with E-state index in [1.54, 1.807) is 55.5 Å². The number of amides is 1. The van der Waals surface area contributed by atoms with Crippen LogP contribution < -0.4 is 14.2 Å². The van der Waals surface area contributed by atoms with E-state index in [1.165, 1.54) is 23.5 Å². The van der Waals surface area contributed by atoms with E-state index in [1.807, 2.05) is 12.1 Å². The molecule has 0 aromatic heterocycles. The Morgan fingerprint density at radius 3 is 2.07 bits per heavy atom. The van der Waals surface area contributed by atoms with Gasteiger partial charge in [0, 0.05) is 25.2 Å². The average molecular weight is 595 g/mol. The number of carbonyl (C=O) groups is 2. The van der Waals surface area contributed by atoms with E-state index in [9.17, 15) is 18.0 Å². The van der Waals surface area contributed by atoms with Crippen LogP contribution in [0.5, 0.6) is 17.2 Å². The highest BCUT2D eigenvalue weighted by Gasteiger charge is 2.34. The van der Waals surface area contributed by atoms with E-state index < -0.39 is 22.0 Å². The second kappa shape index (κ2) is 12.4. The molecule has 10 nitrogen and oxygen atoms in total. The maximum absolute atomic E-state index is 13.9. The van der Waals surface area contributed by atoms with Crippen molar-refractivity contribution in [3.63, 3.8) is 0 Å². The molecule has 0 radical (unpaired) electrons. The van der Waals surface area contributed by atoms with Crippen molar-refractivity contribution < 1.29 is 37.0 Å². The summed E-state index contributed by atoms with van der Waals surface area (Å²) in [7, 11) is 0.871. The molecule has 3 aromatic carbocycles. The number of esters is 1. The molecule has 3 aromatic rings. The fraction of sp³-hybridized carbons (Fsp3) is 0.355. The van der Waals surface area contributed by atoms with E-state index in [0.717, 1.165) is 24.0 Å². The standard InChI is InChI=1S/C31H34N2O8S/c1-38-28-18-23-14-17-33(30(34)21-8-12-25(13-9-21)42(36,37)32-15-4-5-16-32)27(26(23)19-29(28)39-2)20-41-24-10-6-22(7-11-24)31(35)40-3/h6-13,18-19,27H,4-5,14-17,20H2,1-3H3/t27-/m0/s1. The van der Waals surface area contributed by atoms with Gasteiger partial charge in [-0.15, -0.1) is 0 Å². The summed E-state index contributed by atoms with van der Waals surface area (Å²) in [5, 5.41) is 0. The van der Waals surface area contributed by atoms with Crippen LogP contribution in [0.25, 0.3) is 0 Å². The molecule has 2 aliphatic heterocycles. The summed E-state index contributed by atoms with van der Waals surface area (Å²) in [5.41, 5.74) is 2.66. The molecule has 1 saturated heterocycles. The number of ether oxygens (including phenoxy) is 4. The Kier molecular flexibility index (Phi) is 8.69.